The number of carboxylic acids is 1. The van der Waals surface area contributed by atoms with E-state index in [-0.39, 0.29) is 93.0 Å². The quantitative estimate of drug-likeness (QED) is 0.0754. The van der Waals surface area contributed by atoms with Crippen molar-refractivity contribution in [2.45, 2.75) is 109 Å². The van der Waals surface area contributed by atoms with E-state index in [0.29, 0.717) is 25.5 Å². The molecule has 4 aliphatic heterocycles. The van der Waals surface area contributed by atoms with Crippen LogP contribution >= 0.6 is 11.6 Å². The molecule has 1 amide bonds. The number of carbonyl (C=O) groups excluding carboxylic acids is 7. The van der Waals surface area contributed by atoms with Crippen LogP contribution in [0.2, 0.25) is 0 Å². The van der Waals surface area contributed by atoms with Gasteiger partial charge in [-0.05, 0) is 56.6 Å². The summed E-state index contributed by atoms with van der Waals surface area (Å²) in [6.45, 7) is 5.83. The van der Waals surface area contributed by atoms with Gasteiger partial charge >= 0.3 is 41.1 Å². The molecule has 23 heteroatoms. The van der Waals surface area contributed by atoms with Crippen molar-refractivity contribution in [3.05, 3.63) is 71.8 Å². The van der Waals surface area contributed by atoms with Crippen LogP contribution in [0.15, 0.2) is 60.7 Å². The normalized spacial score (nSPS) is 21.3. The average molecular weight is 1010 g/mol. The van der Waals surface area contributed by atoms with E-state index in [4.69, 9.17) is 65.5 Å². The van der Waals surface area contributed by atoms with Gasteiger partial charge in [-0.1, -0.05) is 79.9 Å². The molecule has 4 saturated heterocycles. The summed E-state index contributed by atoms with van der Waals surface area (Å²) in [6.07, 6.45) is 7.69. The molecule has 0 bridgehead atoms. The number of aliphatic hydroxyl groups is 1. The fourth-order valence-corrected chi connectivity index (χ4v) is 7.11. The van der Waals surface area contributed by atoms with Crippen LogP contribution in [0.4, 0.5) is 9.59 Å². The number of nitrogens with zero attached hydrogens (tertiary/aromatic N) is 1. The molecule has 0 aromatic heterocycles. The topological polar surface area (TPSA) is 287 Å². The molecule has 4 heterocycles. The molecule has 1 aliphatic carbocycles. The molecule has 380 valence electrons. The summed E-state index contributed by atoms with van der Waals surface area (Å²) in [7, 11) is 0. The molecule has 2 aromatic carbocycles. The first-order valence-electron chi connectivity index (χ1n) is 22.2. The van der Waals surface area contributed by atoms with Crippen LogP contribution in [-0.2, 0) is 79.8 Å². The summed E-state index contributed by atoms with van der Waals surface area (Å²) < 4.78 is 45.4. The first-order valence-corrected chi connectivity index (χ1v) is 22.6. The minimum atomic E-state index is -1.08. The summed E-state index contributed by atoms with van der Waals surface area (Å²) in [5, 5.41) is 20.1. The van der Waals surface area contributed by atoms with Gasteiger partial charge in [0.1, 0.15) is 38.6 Å². The monoisotopic (exact) mass is 1010 g/mol. The molecular formula is C46H65ClN3NaO18. The van der Waals surface area contributed by atoms with E-state index in [0.717, 1.165) is 102 Å². The largest absolute Gasteiger partial charge is 1.00 e. The van der Waals surface area contributed by atoms with Crippen LogP contribution in [-0.4, -0.2) is 131 Å². The number of rotatable bonds is 14. The molecule has 4 N–H and O–H groups in total. The summed E-state index contributed by atoms with van der Waals surface area (Å²) in [5.41, 5.74) is 5.95. The van der Waals surface area contributed by atoms with Crippen molar-refractivity contribution >= 4 is 54.8 Å². The molecule has 2 aromatic rings. The number of hydrogen-bond donors (Lipinski definition) is 3. The predicted octanol–water partition coefficient (Wildman–Crippen LogP) is 0.290. The van der Waals surface area contributed by atoms with Crippen LogP contribution in [0, 0.1) is 17.8 Å². The molecule has 5 fully saturated rings. The van der Waals surface area contributed by atoms with Crippen molar-refractivity contribution < 1.29 is 116 Å². The van der Waals surface area contributed by atoms with Gasteiger partial charge in [0.25, 0.3) is 19.4 Å². The number of ether oxygens (including phenoxy) is 9. The number of nitrogens with one attached hydrogen (secondary N) is 1. The third kappa shape index (κ3) is 28.2. The summed E-state index contributed by atoms with van der Waals surface area (Å²) in [5.74, 6) is -0.0592. The molecule has 0 spiro atoms. The number of aldehydes is 1. The number of halogens is 1. The van der Waals surface area contributed by atoms with Crippen LogP contribution in [0.5, 0.6) is 0 Å². The van der Waals surface area contributed by atoms with E-state index >= 15 is 0 Å². The Labute approximate surface area is 429 Å². The fourth-order valence-electron chi connectivity index (χ4n) is 7.06. The number of carboxylic acid groups (broad SMARTS) is 1. The molecule has 21 nitrogen and oxygen atoms in total. The Balaban J connectivity index is 0.000000453. The number of aliphatic carboxylic acids is 1. The zero-order chi connectivity index (χ0) is 49.8. The van der Waals surface area contributed by atoms with Gasteiger partial charge in [0.05, 0.1) is 13.2 Å². The summed E-state index contributed by atoms with van der Waals surface area (Å²) >= 11 is 4.97. The number of benzene rings is 2. The minimum Gasteiger partial charge on any atom is -0.550 e. The minimum absolute atomic E-state index is 0. The number of amides is 1. The van der Waals surface area contributed by atoms with Gasteiger partial charge in [-0.15, -0.1) is 0 Å². The smallest absolute Gasteiger partial charge is 0.550 e. The Hall–Kier alpha value is -4.26. The van der Waals surface area contributed by atoms with Crippen molar-refractivity contribution in [3.63, 3.8) is 0 Å². The third-order valence-electron chi connectivity index (χ3n) is 10.4. The Morgan fingerprint density at radius 2 is 1.32 bits per heavy atom. The maximum atomic E-state index is 12.6. The zero-order valence-electron chi connectivity index (χ0n) is 39.2. The first-order chi connectivity index (χ1) is 32.9. The maximum Gasteiger partial charge on any atom is 1.00 e. The third-order valence-corrected chi connectivity index (χ3v) is 10.5. The molecule has 0 radical (unpaired) electrons. The van der Waals surface area contributed by atoms with Crippen molar-refractivity contribution in [1.29, 1.82) is 0 Å². The van der Waals surface area contributed by atoms with Crippen LogP contribution < -0.4 is 45.7 Å². The van der Waals surface area contributed by atoms with E-state index in [1.807, 2.05) is 60.7 Å². The van der Waals surface area contributed by atoms with E-state index in [1.54, 1.807) is 0 Å². The standard InChI is InChI=1S/C18H23NO5.C9H15NO4.C8H7ClO2.C6H10O2.C3H7NO3.C2H4O2.Na/c20-13-24-16-12-22-17(15-9-5-2-6-10-15)19(16)18(21)23-11-14-7-3-1-4-8-14;11-6-14-8-5-13-9(10-8)7-1-3-12-4-2-7;9-8(10)11-6-7-4-2-1-3-5-7;7-5-6-1-3-8-4-2-6;4-3(1-5)7-2-6;1-2(3)4;/h1,3-4,7-8,13,15-17H,2,5-6,9-12H2;6-10H,1-5H2;1-5H,6H2;5-6H,1-4H2;2-3,5H,1,4H2;1H3,(H,3,4);/q;;;;;;+1/p-1/t16-,17?;8-,9?;;;3-;;/m11..1../s1. The summed E-state index contributed by atoms with van der Waals surface area (Å²) in [4.78, 5) is 73.4. The van der Waals surface area contributed by atoms with E-state index in [9.17, 15) is 28.8 Å². The van der Waals surface area contributed by atoms with Crippen molar-refractivity contribution in [3.8, 4) is 0 Å². The Morgan fingerprint density at radius 3 is 1.78 bits per heavy atom. The molecule has 7 rings (SSSR count). The van der Waals surface area contributed by atoms with Gasteiger partial charge in [-0.3, -0.25) is 25.4 Å². The van der Waals surface area contributed by atoms with E-state index in [1.165, 1.54) is 11.3 Å². The molecule has 2 unspecified atom stereocenters. The Kier molecular flexibility index (Phi) is 35.9. The van der Waals surface area contributed by atoms with Crippen LogP contribution in [0.25, 0.3) is 0 Å². The second kappa shape index (κ2) is 39.5. The van der Waals surface area contributed by atoms with Gasteiger partial charge in [0, 0.05) is 61.8 Å². The molecule has 5 atom stereocenters. The fraction of sp³-hybridized carbons (Fsp3) is 0.587. The number of carbonyl (C=O) groups is 7. The van der Waals surface area contributed by atoms with Gasteiger partial charge in [0.15, 0.2) is 12.5 Å². The van der Waals surface area contributed by atoms with Gasteiger partial charge in [-0.2, -0.15) is 0 Å². The molecule has 69 heavy (non-hydrogen) atoms. The predicted molar refractivity (Wildman–Crippen MR) is 238 cm³/mol. The first kappa shape index (κ1) is 62.8. The van der Waals surface area contributed by atoms with Crippen LogP contribution in [0.1, 0.15) is 75.8 Å². The van der Waals surface area contributed by atoms with Gasteiger partial charge < -0.3 is 62.4 Å². The number of nitrogens with two attached hydrogens (primary N) is 1. The van der Waals surface area contributed by atoms with E-state index in [2.05, 4.69) is 14.8 Å². The van der Waals surface area contributed by atoms with Crippen molar-refractivity contribution in [2.24, 2.45) is 23.5 Å². The molecular weight excluding hydrogens is 941 g/mol. The van der Waals surface area contributed by atoms with Gasteiger partial charge in [0.2, 0.25) is 6.23 Å². The average Bonchev–Trinajstić information content (AvgIpc) is 4.03. The zero-order valence-corrected chi connectivity index (χ0v) is 42.0. The summed E-state index contributed by atoms with van der Waals surface area (Å²) in [6, 6.07) is 18.8. The van der Waals surface area contributed by atoms with E-state index < -0.39 is 29.9 Å². The number of hydrogen-bond acceptors (Lipinski definition) is 20. The van der Waals surface area contributed by atoms with Gasteiger partial charge in [-0.25, -0.2) is 14.5 Å². The Bertz CT molecular complexity index is 1690. The molecule has 5 aliphatic rings. The second-order valence-corrected chi connectivity index (χ2v) is 15.7. The van der Waals surface area contributed by atoms with Crippen molar-refractivity contribution in [1.82, 2.24) is 10.2 Å². The molecule has 1 saturated carbocycles. The van der Waals surface area contributed by atoms with Crippen molar-refractivity contribution in [2.75, 3.05) is 46.2 Å². The SMILES string of the molecule is CC(=O)[O-].N[C@@H](CO)OC=O.O=C(Cl)OCc1ccccc1.O=CC1CCOCC1.O=CO[C@@H]1COC(C2CCCCC2)N1C(=O)OCc1ccccc1.O=CO[C@@H]1COC(C2CCOCC2)N1.[Na+]. The Morgan fingerprint density at radius 1 is 0.783 bits per heavy atom. The maximum absolute atomic E-state index is 12.6. The second-order valence-electron chi connectivity index (χ2n) is 15.4. The van der Waals surface area contributed by atoms with Crippen LogP contribution in [0.3, 0.4) is 0 Å². The number of aliphatic hydroxyl groups excluding tert-OH is 1.